The smallest absolute Gasteiger partial charge is 0.0650 e. The molecule has 1 aromatic heterocycles. The molecule has 1 spiro atoms. The van der Waals surface area contributed by atoms with E-state index in [1.807, 2.05) is 12.3 Å². The van der Waals surface area contributed by atoms with E-state index in [1.54, 1.807) is 0 Å². The molecule has 5 rings (SSSR count). The molecule has 144 valence electrons. The predicted molar refractivity (Wildman–Crippen MR) is 116 cm³/mol. The molecule has 0 amide bonds. The lowest BCUT2D eigenvalue weighted by atomic mass is 9.72. The van der Waals surface area contributed by atoms with Crippen LogP contribution in [0.4, 0.5) is 5.69 Å². The molecule has 2 N–H and O–H groups in total. The summed E-state index contributed by atoms with van der Waals surface area (Å²) in [6.07, 6.45) is 6.39. The lowest BCUT2D eigenvalue weighted by molar-refractivity contribution is 0.179. The van der Waals surface area contributed by atoms with Crippen molar-refractivity contribution in [3.05, 3.63) is 71.0 Å². The van der Waals surface area contributed by atoms with Crippen LogP contribution in [0, 0.1) is 0 Å². The lowest BCUT2D eigenvalue weighted by Crippen LogP contribution is -2.43. The molecule has 0 atom stereocenters. The molecule has 1 fully saturated rings. The van der Waals surface area contributed by atoms with Crippen LogP contribution in [0.2, 0.25) is 5.02 Å². The van der Waals surface area contributed by atoms with Crippen molar-refractivity contribution in [2.45, 2.75) is 31.1 Å². The number of aromatic nitrogens is 2. The van der Waals surface area contributed by atoms with Gasteiger partial charge in [0.25, 0.3) is 0 Å². The van der Waals surface area contributed by atoms with E-state index in [0.29, 0.717) is 0 Å². The molecule has 4 nitrogen and oxygen atoms in total. The van der Waals surface area contributed by atoms with Gasteiger partial charge in [0.05, 0.1) is 11.7 Å². The van der Waals surface area contributed by atoms with Gasteiger partial charge in [0.15, 0.2) is 0 Å². The number of allylic oxidation sites excluding steroid dienone is 1. The summed E-state index contributed by atoms with van der Waals surface area (Å²) in [5, 5.41) is 12.6. The molecule has 0 saturated carbocycles. The minimum absolute atomic E-state index is 0.0447. The fourth-order valence-corrected chi connectivity index (χ4v) is 5.02. The first-order valence-corrected chi connectivity index (χ1v) is 10.4. The molecular weight excluding hydrogens is 368 g/mol. The summed E-state index contributed by atoms with van der Waals surface area (Å²) in [4.78, 5) is 2.59. The largest absolute Gasteiger partial charge is 0.358 e. The normalized spacial score (nSPS) is 18.5. The Morgan fingerprint density at radius 2 is 2.00 bits per heavy atom. The fraction of sp³-hybridized carbons (Fsp3) is 0.348. The third kappa shape index (κ3) is 3.01. The van der Waals surface area contributed by atoms with Crippen LogP contribution in [-0.4, -0.2) is 34.7 Å². The number of piperidine rings is 1. The zero-order valence-corrected chi connectivity index (χ0v) is 16.7. The Hall–Kier alpha value is -2.30. The van der Waals surface area contributed by atoms with Crippen LogP contribution in [0.5, 0.6) is 0 Å². The summed E-state index contributed by atoms with van der Waals surface area (Å²) in [7, 11) is 0. The summed E-state index contributed by atoms with van der Waals surface area (Å²) in [6.45, 7) is 7.69. The lowest BCUT2D eigenvalue weighted by Gasteiger charge is -2.40. The number of aryl methyl sites for hydroxylation is 1. The number of nitrogens with one attached hydrogen (secondary N) is 2. The number of likely N-dealkylation sites (tertiary alicyclic amines) is 1. The topological polar surface area (TPSA) is 44.0 Å². The number of aromatic amines is 1. The Morgan fingerprint density at radius 3 is 2.86 bits per heavy atom. The maximum absolute atomic E-state index is 6.28. The van der Waals surface area contributed by atoms with Crippen LogP contribution < -0.4 is 5.32 Å². The Balaban J connectivity index is 1.20. The molecule has 3 heterocycles. The third-order valence-corrected chi connectivity index (χ3v) is 6.75. The van der Waals surface area contributed by atoms with Crippen LogP contribution in [-0.2, 0) is 11.8 Å². The minimum Gasteiger partial charge on any atom is -0.358 e. The van der Waals surface area contributed by atoms with Gasteiger partial charge >= 0.3 is 0 Å². The maximum atomic E-state index is 6.28. The first kappa shape index (κ1) is 17.8. The zero-order valence-electron chi connectivity index (χ0n) is 16.0. The molecule has 0 radical (unpaired) electrons. The Bertz CT molecular complexity index is 1030. The van der Waals surface area contributed by atoms with Crippen molar-refractivity contribution in [3.63, 3.8) is 0 Å². The van der Waals surface area contributed by atoms with Crippen LogP contribution in [0.1, 0.15) is 30.4 Å². The van der Waals surface area contributed by atoms with Gasteiger partial charge in [0.1, 0.15) is 0 Å². The molecule has 0 bridgehead atoms. The molecular formula is C23H25ClN4. The molecule has 1 saturated heterocycles. The molecule has 0 unspecified atom stereocenters. The predicted octanol–water partition coefficient (Wildman–Crippen LogP) is 5.12. The van der Waals surface area contributed by atoms with Gasteiger partial charge in [0.2, 0.25) is 0 Å². The second-order valence-corrected chi connectivity index (χ2v) is 8.55. The van der Waals surface area contributed by atoms with Crippen molar-refractivity contribution in [3.8, 4) is 0 Å². The number of halogens is 1. The summed E-state index contributed by atoms with van der Waals surface area (Å²) in [5.41, 5.74) is 6.19. The standard InChI is InChI=1S/C23H25ClN4/c1-16-23(20-14-19(24)5-7-22(20)26-16)8-11-28(12-9-23)10-2-3-17-4-6-21-18(13-17)15-25-27-21/h4-7,13-15,26H,1-3,8-12H2,(H,25,27). The van der Waals surface area contributed by atoms with Crippen molar-refractivity contribution in [2.75, 3.05) is 25.0 Å². The SMILES string of the molecule is C=C1Nc2ccc(Cl)cc2C12CCN(CCCc1ccc3[nH]ncc3c1)CC2. The first-order chi connectivity index (χ1) is 13.6. The summed E-state index contributed by atoms with van der Waals surface area (Å²) in [6, 6.07) is 12.8. The van der Waals surface area contributed by atoms with Gasteiger partial charge in [0, 0.05) is 27.2 Å². The third-order valence-electron chi connectivity index (χ3n) is 6.51. The van der Waals surface area contributed by atoms with Gasteiger partial charge in [-0.1, -0.05) is 24.2 Å². The molecule has 28 heavy (non-hydrogen) atoms. The van der Waals surface area contributed by atoms with Gasteiger partial charge < -0.3 is 10.2 Å². The van der Waals surface area contributed by atoms with E-state index in [-0.39, 0.29) is 5.41 Å². The molecule has 5 heteroatoms. The van der Waals surface area contributed by atoms with Crippen LogP contribution in [0.25, 0.3) is 10.9 Å². The number of nitrogens with zero attached hydrogens (tertiary/aromatic N) is 2. The number of rotatable bonds is 4. The minimum atomic E-state index is 0.0447. The highest BCUT2D eigenvalue weighted by atomic mass is 35.5. The first-order valence-electron chi connectivity index (χ1n) is 10.0. The quantitative estimate of drug-likeness (QED) is 0.647. The van der Waals surface area contributed by atoms with Gasteiger partial charge in [-0.05, 0) is 86.8 Å². The van der Waals surface area contributed by atoms with Crippen molar-refractivity contribution in [2.24, 2.45) is 0 Å². The molecule has 3 aromatic rings. The molecule has 0 aliphatic carbocycles. The Kier molecular flexibility index (Phi) is 4.41. The number of H-pyrrole nitrogens is 1. The molecule has 2 aliphatic heterocycles. The van der Waals surface area contributed by atoms with Crippen LogP contribution >= 0.6 is 11.6 Å². The number of anilines is 1. The highest BCUT2D eigenvalue weighted by Gasteiger charge is 2.44. The van der Waals surface area contributed by atoms with Crippen molar-refractivity contribution in [1.29, 1.82) is 0 Å². The van der Waals surface area contributed by atoms with E-state index in [9.17, 15) is 0 Å². The van der Waals surface area contributed by atoms with E-state index in [2.05, 4.69) is 57.3 Å². The Labute approximate surface area is 170 Å². The summed E-state index contributed by atoms with van der Waals surface area (Å²) < 4.78 is 0. The van der Waals surface area contributed by atoms with E-state index >= 15 is 0 Å². The number of benzene rings is 2. The second kappa shape index (κ2) is 6.94. The average molecular weight is 393 g/mol. The number of hydrogen-bond donors (Lipinski definition) is 2. The van der Waals surface area contributed by atoms with Crippen molar-refractivity contribution >= 4 is 28.2 Å². The van der Waals surface area contributed by atoms with Crippen molar-refractivity contribution < 1.29 is 0 Å². The zero-order chi connectivity index (χ0) is 19.1. The van der Waals surface area contributed by atoms with E-state index in [0.717, 1.165) is 55.1 Å². The van der Waals surface area contributed by atoms with Crippen LogP contribution in [0.3, 0.4) is 0 Å². The van der Waals surface area contributed by atoms with Gasteiger partial charge in [-0.2, -0.15) is 5.10 Å². The van der Waals surface area contributed by atoms with E-state index in [4.69, 9.17) is 11.6 Å². The van der Waals surface area contributed by atoms with Crippen LogP contribution in [0.15, 0.2) is 54.9 Å². The van der Waals surface area contributed by atoms with Gasteiger partial charge in [-0.15, -0.1) is 0 Å². The molecule has 2 aromatic carbocycles. The number of hydrogen-bond acceptors (Lipinski definition) is 3. The monoisotopic (exact) mass is 392 g/mol. The molecule has 2 aliphatic rings. The summed E-state index contributed by atoms with van der Waals surface area (Å²) in [5.74, 6) is 0. The second-order valence-electron chi connectivity index (χ2n) is 8.11. The van der Waals surface area contributed by atoms with Crippen molar-refractivity contribution in [1.82, 2.24) is 15.1 Å². The van der Waals surface area contributed by atoms with E-state index in [1.165, 1.54) is 28.6 Å². The highest BCUT2D eigenvalue weighted by molar-refractivity contribution is 6.30. The number of fused-ring (bicyclic) bond motifs is 3. The summed E-state index contributed by atoms with van der Waals surface area (Å²) >= 11 is 6.28. The average Bonchev–Trinajstić information content (AvgIpc) is 3.27. The maximum Gasteiger partial charge on any atom is 0.0650 e. The van der Waals surface area contributed by atoms with Gasteiger partial charge in [-0.25, -0.2) is 0 Å². The fourth-order valence-electron chi connectivity index (χ4n) is 4.85. The van der Waals surface area contributed by atoms with E-state index < -0.39 is 0 Å². The van der Waals surface area contributed by atoms with Gasteiger partial charge in [-0.3, -0.25) is 5.10 Å². The highest BCUT2D eigenvalue weighted by Crippen LogP contribution is 2.50. The Morgan fingerprint density at radius 1 is 1.14 bits per heavy atom.